The van der Waals surface area contributed by atoms with E-state index in [1.54, 1.807) is 0 Å². The number of hydrogen-bond donors (Lipinski definition) is 2. The number of hydrogen-bond acceptors (Lipinski definition) is 3. The van der Waals surface area contributed by atoms with Gasteiger partial charge in [-0.15, -0.1) is 0 Å². The van der Waals surface area contributed by atoms with E-state index in [2.05, 4.69) is 17.1 Å². The van der Waals surface area contributed by atoms with E-state index in [0.717, 1.165) is 6.54 Å². The number of aliphatic hydroxyl groups is 1. The standard InChI is InChI=1S/C12H24N2O/c1-2-14-7-5-11(6-8-14)13-9-12(15)10-3-4-10/h10-13,15H,2-9H2,1H3. The summed E-state index contributed by atoms with van der Waals surface area (Å²) in [5.41, 5.74) is 0. The fourth-order valence-electron chi connectivity index (χ4n) is 2.39. The van der Waals surface area contributed by atoms with Crippen molar-refractivity contribution in [2.24, 2.45) is 5.92 Å². The van der Waals surface area contributed by atoms with Gasteiger partial charge in [0.25, 0.3) is 0 Å². The first-order chi connectivity index (χ1) is 7.29. The highest BCUT2D eigenvalue weighted by Crippen LogP contribution is 2.32. The largest absolute Gasteiger partial charge is 0.392 e. The van der Waals surface area contributed by atoms with Crippen molar-refractivity contribution >= 4 is 0 Å². The summed E-state index contributed by atoms with van der Waals surface area (Å²) in [4.78, 5) is 2.50. The van der Waals surface area contributed by atoms with Gasteiger partial charge in [-0.25, -0.2) is 0 Å². The summed E-state index contributed by atoms with van der Waals surface area (Å²) in [7, 11) is 0. The Morgan fingerprint density at radius 2 is 1.93 bits per heavy atom. The lowest BCUT2D eigenvalue weighted by atomic mass is 10.0. The first kappa shape index (κ1) is 11.4. The normalized spacial score (nSPS) is 26.8. The number of rotatable bonds is 5. The minimum Gasteiger partial charge on any atom is -0.392 e. The van der Waals surface area contributed by atoms with Crippen LogP contribution in [0.3, 0.4) is 0 Å². The van der Waals surface area contributed by atoms with E-state index in [1.807, 2.05) is 0 Å². The summed E-state index contributed by atoms with van der Waals surface area (Å²) in [6.45, 7) is 6.64. The van der Waals surface area contributed by atoms with Gasteiger partial charge in [0.15, 0.2) is 0 Å². The molecule has 15 heavy (non-hydrogen) atoms. The molecular weight excluding hydrogens is 188 g/mol. The molecule has 2 aliphatic rings. The van der Waals surface area contributed by atoms with Crippen LogP contribution in [0.1, 0.15) is 32.6 Å². The molecular formula is C12H24N2O. The SMILES string of the molecule is CCN1CCC(NCC(O)C2CC2)CC1. The minimum absolute atomic E-state index is 0.0887. The molecule has 0 aromatic carbocycles. The van der Waals surface area contributed by atoms with Crippen molar-refractivity contribution in [3.63, 3.8) is 0 Å². The summed E-state index contributed by atoms with van der Waals surface area (Å²) < 4.78 is 0. The lowest BCUT2D eigenvalue weighted by molar-refractivity contribution is 0.134. The lowest BCUT2D eigenvalue weighted by Gasteiger charge is -2.32. The number of nitrogens with zero attached hydrogens (tertiary/aromatic N) is 1. The minimum atomic E-state index is -0.0887. The Hall–Kier alpha value is -0.120. The average Bonchev–Trinajstić information content (AvgIpc) is 3.10. The first-order valence-corrected chi connectivity index (χ1v) is 6.43. The van der Waals surface area contributed by atoms with Crippen LogP contribution in [0.4, 0.5) is 0 Å². The monoisotopic (exact) mass is 212 g/mol. The summed E-state index contributed by atoms with van der Waals surface area (Å²) in [6.07, 6.45) is 4.86. The Morgan fingerprint density at radius 1 is 1.27 bits per heavy atom. The summed E-state index contributed by atoms with van der Waals surface area (Å²) in [5.74, 6) is 0.605. The van der Waals surface area contributed by atoms with Crippen LogP contribution < -0.4 is 5.32 Å². The van der Waals surface area contributed by atoms with Crippen molar-refractivity contribution in [1.29, 1.82) is 0 Å². The van der Waals surface area contributed by atoms with Crippen molar-refractivity contribution in [2.75, 3.05) is 26.2 Å². The van der Waals surface area contributed by atoms with Crippen LogP contribution in [0.15, 0.2) is 0 Å². The Balaban J connectivity index is 1.59. The maximum absolute atomic E-state index is 9.74. The lowest BCUT2D eigenvalue weighted by Crippen LogP contribution is -2.44. The molecule has 1 saturated heterocycles. The van der Waals surface area contributed by atoms with Gasteiger partial charge in [0.2, 0.25) is 0 Å². The fourth-order valence-corrected chi connectivity index (χ4v) is 2.39. The quantitative estimate of drug-likeness (QED) is 0.708. The van der Waals surface area contributed by atoms with Gasteiger partial charge in [0.05, 0.1) is 6.10 Å². The van der Waals surface area contributed by atoms with Crippen molar-refractivity contribution in [1.82, 2.24) is 10.2 Å². The van der Waals surface area contributed by atoms with Crippen LogP contribution in [0.5, 0.6) is 0 Å². The zero-order valence-corrected chi connectivity index (χ0v) is 9.78. The van der Waals surface area contributed by atoms with Crippen molar-refractivity contribution < 1.29 is 5.11 Å². The van der Waals surface area contributed by atoms with Crippen molar-refractivity contribution in [3.8, 4) is 0 Å². The van der Waals surface area contributed by atoms with Crippen LogP contribution in [0.2, 0.25) is 0 Å². The molecule has 0 aromatic rings. The molecule has 0 amide bonds. The maximum Gasteiger partial charge on any atom is 0.0692 e. The zero-order valence-electron chi connectivity index (χ0n) is 9.78. The van der Waals surface area contributed by atoms with E-state index < -0.39 is 0 Å². The highest BCUT2D eigenvalue weighted by Gasteiger charge is 2.30. The van der Waals surface area contributed by atoms with Crippen LogP contribution in [-0.4, -0.2) is 48.3 Å². The third-order valence-electron chi connectivity index (χ3n) is 3.82. The topological polar surface area (TPSA) is 35.5 Å². The molecule has 2 rings (SSSR count). The van der Waals surface area contributed by atoms with Gasteiger partial charge < -0.3 is 15.3 Å². The van der Waals surface area contributed by atoms with Gasteiger partial charge in [-0.2, -0.15) is 0 Å². The molecule has 88 valence electrons. The smallest absolute Gasteiger partial charge is 0.0692 e. The molecule has 2 N–H and O–H groups in total. The Bertz CT molecular complexity index is 186. The second-order valence-corrected chi connectivity index (χ2v) is 5.02. The van der Waals surface area contributed by atoms with E-state index >= 15 is 0 Å². The number of likely N-dealkylation sites (tertiary alicyclic amines) is 1. The predicted molar refractivity (Wildman–Crippen MR) is 61.9 cm³/mol. The van der Waals surface area contributed by atoms with Gasteiger partial charge in [0, 0.05) is 12.6 Å². The van der Waals surface area contributed by atoms with Gasteiger partial charge in [0.1, 0.15) is 0 Å². The van der Waals surface area contributed by atoms with Crippen molar-refractivity contribution in [2.45, 2.75) is 44.8 Å². The van der Waals surface area contributed by atoms with Gasteiger partial charge in [-0.05, 0) is 51.2 Å². The van der Waals surface area contributed by atoms with Crippen LogP contribution in [0.25, 0.3) is 0 Å². The van der Waals surface area contributed by atoms with Crippen molar-refractivity contribution in [3.05, 3.63) is 0 Å². The summed E-state index contributed by atoms with van der Waals surface area (Å²) in [5, 5.41) is 13.3. The molecule has 1 aliphatic carbocycles. The van der Waals surface area contributed by atoms with E-state index in [-0.39, 0.29) is 6.10 Å². The molecule has 1 unspecified atom stereocenters. The molecule has 0 bridgehead atoms. The highest BCUT2D eigenvalue weighted by molar-refractivity contribution is 4.84. The Morgan fingerprint density at radius 3 is 2.47 bits per heavy atom. The molecule has 0 aromatic heterocycles. The van der Waals surface area contributed by atoms with E-state index in [4.69, 9.17) is 0 Å². The number of aliphatic hydroxyl groups excluding tert-OH is 1. The molecule has 0 radical (unpaired) electrons. The second-order valence-electron chi connectivity index (χ2n) is 5.02. The number of nitrogens with one attached hydrogen (secondary N) is 1. The van der Waals surface area contributed by atoms with E-state index in [1.165, 1.54) is 45.3 Å². The molecule has 1 heterocycles. The molecule has 3 heteroatoms. The molecule has 1 atom stereocenters. The summed E-state index contributed by atoms with van der Waals surface area (Å²) in [6, 6.07) is 0.640. The molecule has 3 nitrogen and oxygen atoms in total. The third-order valence-corrected chi connectivity index (χ3v) is 3.82. The van der Waals surface area contributed by atoms with Gasteiger partial charge in [-0.1, -0.05) is 6.92 Å². The summed E-state index contributed by atoms with van der Waals surface area (Å²) >= 11 is 0. The fraction of sp³-hybridized carbons (Fsp3) is 1.00. The van der Waals surface area contributed by atoms with E-state index in [0.29, 0.717) is 12.0 Å². The first-order valence-electron chi connectivity index (χ1n) is 6.43. The maximum atomic E-state index is 9.74. The highest BCUT2D eigenvalue weighted by atomic mass is 16.3. The molecule has 0 spiro atoms. The number of piperidine rings is 1. The van der Waals surface area contributed by atoms with Crippen LogP contribution in [-0.2, 0) is 0 Å². The molecule has 1 saturated carbocycles. The predicted octanol–water partition coefficient (Wildman–Crippen LogP) is 0.831. The average molecular weight is 212 g/mol. The molecule has 1 aliphatic heterocycles. The van der Waals surface area contributed by atoms with Gasteiger partial charge >= 0.3 is 0 Å². The third kappa shape index (κ3) is 3.44. The van der Waals surface area contributed by atoms with E-state index in [9.17, 15) is 5.11 Å². The zero-order chi connectivity index (χ0) is 10.7. The Kier molecular flexibility index (Phi) is 4.00. The van der Waals surface area contributed by atoms with Crippen LogP contribution in [0, 0.1) is 5.92 Å². The van der Waals surface area contributed by atoms with Crippen LogP contribution >= 0.6 is 0 Å². The second kappa shape index (κ2) is 5.28. The van der Waals surface area contributed by atoms with Gasteiger partial charge in [-0.3, -0.25) is 0 Å². The Labute approximate surface area is 92.8 Å². The molecule has 2 fully saturated rings.